The first kappa shape index (κ1) is 19.5. The van der Waals surface area contributed by atoms with Crippen LogP contribution in [0.2, 0.25) is 0 Å². The molecule has 12 heteroatoms. The smallest absolute Gasteiger partial charge is 0.253 e. The molecule has 4 rings (SSSR count). The number of halogens is 5. The SMILES string of the molecule is O=C1CC2(C(=O)N1)c1ccccc1S(=O)(=O)N2Cc1c(F)c(F)c(F)c(F)c1F. The maximum atomic E-state index is 14.2. The summed E-state index contributed by atoms with van der Waals surface area (Å²) in [6, 6.07) is 5.05. The highest BCUT2D eigenvalue weighted by Gasteiger charge is 2.62. The monoisotopic (exact) mass is 432 g/mol. The lowest BCUT2D eigenvalue weighted by Gasteiger charge is -2.30. The van der Waals surface area contributed by atoms with Gasteiger partial charge in [-0.15, -0.1) is 0 Å². The maximum absolute atomic E-state index is 14.2. The molecule has 2 aliphatic rings. The van der Waals surface area contributed by atoms with Gasteiger partial charge in [0.1, 0.15) is 0 Å². The van der Waals surface area contributed by atoms with Crippen molar-refractivity contribution in [2.75, 3.05) is 0 Å². The molecule has 0 radical (unpaired) electrons. The van der Waals surface area contributed by atoms with E-state index in [1.165, 1.54) is 18.2 Å². The van der Waals surface area contributed by atoms with Gasteiger partial charge in [0.05, 0.1) is 11.3 Å². The zero-order chi connectivity index (χ0) is 21.3. The molecule has 2 aromatic rings. The second-order valence-corrected chi connectivity index (χ2v) is 8.30. The van der Waals surface area contributed by atoms with Gasteiger partial charge in [-0.05, 0) is 6.07 Å². The normalized spacial score (nSPS) is 22.9. The Balaban J connectivity index is 1.97. The number of hydrogen-bond acceptors (Lipinski definition) is 4. The Morgan fingerprint density at radius 3 is 2.03 bits per heavy atom. The summed E-state index contributed by atoms with van der Waals surface area (Å²) in [7, 11) is -4.61. The summed E-state index contributed by atoms with van der Waals surface area (Å²) >= 11 is 0. The van der Waals surface area contributed by atoms with Crippen molar-refractivity contribution in [2.45, 2.75) is 23.4 Å². The average Bonchev–Trinajstić information content (AvgIpc) is 3.08. The van der Waals surface area contributed by atoms with Gasteiger partial charge in [-0.2, -0.15) is 4.31 Å². The van der Waals surface area contributed by atoms with Crippen LogP contribution in [0.3, 0.4) is 0 Å². The van der Waals surface area contributed by atoms with E-state index in [2.05, 4.69) is 0 Å². The van der Waals surface area contributed by atoms with E-state index < -0.39 is 79.9 Å². The van der Waals surface area contributed by atoms with Crippen LogP contribution in [0.25, 0.3) is 0 Å². The molecule has 0 bridgehead atoms. The highest BCUT2D eigenvalue weighted by atomic mass is 32.2. The van der Waals surface area contributed by atoms with Crippen LogP contribution in [0.15, 0.2) is 29.2 Å². The topological polar surface area (TPSA) is 83.5 Å². The molecule has 2 heterocycles. The predicted molar refractivity (Wildman–Crippen MR) is 84.8 cm³/mol. The van der Waals surface area contributed by atoms with Crippen molar-refractivity contribution in [3.63, 3.8) is 0 Å². The van der Waals surface area contributed by atoms with Crippen LogP contribution in [0.5, 0.6) is 0 Å². The molecule has 2 aliphatic heterocycles. The van der Waals surface area contributed by atoms with E-state index in [4.69, 9.17) is 0 Å². The zero-order valence-electron chi connectivity index (χ0n) is 14.1. The average molecular weight is 432 g/mol. The van der Waals surface area contributed by atoms with Crippen molar-refractivity contribution in [2.24, 2.45) is 0 Å². The standard InChI is InChI=1S/C17H9F5N2O4S/c18-11-7(12(19)14(21)15(22)13(11)20)6-24-17(5-10(25)23-16(17)26)8-3-1-2-4-9(8)29(24,27)28/h1-4H,5-6H2,(H,23,25,26). The van der Waals surface area contributed by atoms with Gasteiger partial charge in [0.15, 0.2) is 28.8 Å². The third-order valence-corrected chi connectivity index (χ3v) is 6.91. The van der Waals surface area contributed by atoms with Crippen LogP contribution in [0.4, 0.5) is 22.0 Å². The van der Waals surface area contributed by atoms with Gasteiger partial charge in [0, 0.05) is 17.7 Å². The summed E-state index contributed by atoms with van der Waals surface area (Å²) < 4.78 is 95.1. The van der Waals surface area contributed by atoms with Crippen molar-refractivity contribution in [1.82, 2.24) is 9.62 Å². The molecular weight excluding hydrogens is 423 g/mol. The largest absolute Gasteiger partial charge is 0.294 e. The van der Waals surface area contributed by atoms with Gasteiger partial charge in [-0.25, -0.2) is 30.4 Å². The molecule has 1 N–H and O–H groups in total. The predicted octanol–water partition coefficient (Wildman–Crippen LogP) is 1.83. The van der Waals surface area contributed by atoms with Gasteiger partial charge in [-0.3, -0.25) is 14.9 Å². The number of imide groups is 1. The van der Waals surface area contributed by atoms with E-state index in [-0.39, 0.29) is 5.56 Å². The minimum Gasteiger partial charge on any atom is -0.294 e. The van der Waals surface area contributed by atoms with Gasteiger partial charge >= 0.3 is 0 Å². The first-order valence-corrected chi connectivity index (χ1v) is 9.44. The first-order valence-electron chi connectivity index (χ1n) is 8.00. The van der Waals surface area contributed by atoms with E-state index in [0.717, 1.165) is 6.07 Å². The summed E-state index contributed by atoms with van der Waals surface area (Å²) in [5.41, 5.74) is -3.77. The van der Waals surface area contributed by atoms with Crippen LogP contribution < -0.4 is 5.32 Å². The fourth-order valence-electron chi connectivity index (χ4n) is 3.65. The van der Waals surface area contributed by atoms with E-state index >= 15 is 0 Å². The number of benzene rings is 2. The highest BCUT2D eigenvalue weighted by Crippen LogP contribution is 2.49. The molecule has 29 heavy (non-hydrogen) atoms. The highest BCUT2D eigenvalue weighted by molar-refractivity contribution is 7.89. The van der Waals surface area contributed by atoms with E-state index in [9.17, 15) is 40.0 Å². The molecule has 152 valence electrons. The minimum atomic E-state index is -4.61. The van der Waals surface area contributed by atoms with Crippen LogP contribution in [-0.4, -0.2) is 24.5 Å². The first-order chi connectivity index (χ1) is 13.5. The van der Waals surface area contributed by atoms with Crippen molar-refractivity contribution in [3.05, 3.63) is 64.5 Å². The second-order valence-electron chi connectivity index (χ2n) is 6.47. The van der Waals surface area contributed by atoms with Crippen molar-refractivity contribution in [3.8, 4) is 0 Å². The van der Waals surface area contributed by atoms with Crippen LogP contribution in [0, 0.1) is 29.1 Å². The summed E-state index contributed by atoms with van der Waals surface area (Å²) in [5.74, 6) is -13.3. The lowest BCUT2D eigenvalue weighted by atomic mass is 9.87. The van der Waals surface area contributed by atoms with Crippen LogP contribution in [-0.2, 0) is 31.7 Å². The van der Waals surface area contributed by atoms with Crippen molar-refractivity contribution in [1.29, 1.82) is 0 Å². The Bertz CT molecular complexity index is 1190. The van der Waals surface area contributed by atoms with Crippen molar-refractivity contribution >= 4 is 21.8 Å². The molecule has 0 aromatic heterocycles. The van der Waals surface area contributed by atoms with Gasteiger partial charge < -0.3 is 0 Å². The number of nitrogens with one attached hydrogen (secondary N) is 1. The maximum Gasteiger partial charge on any atom is 0.253 e. The molecule has 0 saturated carbocycles. The molecule has 6 nitrogen and oxygen atoms in total. The number of sulfonamides is 1. The number of hydrogen-bond donors (Lipinski definition) is 1. The lowest BCUT2D eigenvalue weighted by molar-refractivity contribution is -0.128. The molecule has 2 amide bonds. The molecule has 1 unspecified atom stereocenters. The summed E-state index contributed by atoms with van der Waals surface area (Å²) in [5, 5.41) is 1.93. The Kier molecular flexibility index (Phi) is 4.07. The minimum absolute atomic E-state index is 0.132. The molecule has 1 fully saturated rings. The van der Waals surface area contributed by atoms with Gasteiger partial charge in [0.2, 0.25) is 21.7 Å². The molecule has 1 spiro atoms. The number of amides is 2. The lowest BCUT2D eigenvalue weighted by Crippen LogP contribution is -2.48. The number of carbonyl (C=O) groups is 2. The third-order valence-electron chi connectivity index (χ3n) is 4.97. The summed E-state index contributed by atoms with van der Waals surface area (Å²) in [6.45, 7) is -1.36. The Morgan fingerprint density at radius 2 is 1.48 bits per heavy atom. The quantitative estimate of drug-likeness (QED) is 0.340. The van der Waals surface area contributed by atoms with Gasteiger partial charge in [0.25, 0.3) is 5.91 Å². The molecule has 1 saturated heterocycles. The molecule has 2 aromatic carbocycles. The number of fused-ring (bicyclic) bond motifs is 2. The summed E-state index contributed by atoms with van der Waals surface area (Å²) in [4.78, 5) is 24.0. The Labute approximate surface area is 160 Å². The fraction of sp³-hybridized carbons (Fsp3) is 0.176. The summed E-state index contributed by atoms with van der Waals surface area (Å²) in [6.07, 6.45) is -0.711. The molecular formula is C17H9F5N2O4S. The van der Waals surface area contributed by atoms with Crippen molar-refractivity contribution < 1.29 is 40.0 Å². The number of rotatable bonds is 2. The number of nitrogens with zero attached hydrogens (tertiary/aromatic N) is 1. The third kappa shape index (κ3) is 2.38. The Hall–Kier alpha value is -2.86. The number of carbonyl (C=O) groups excluding carboxylic acids is 2. The van der Waals surface area contributed by atoms with E-state index in [0.29, 0.717) is 4.31 Å². The zero-order valence-corrected chi connectivity index (χ0v) is 14.9. The van der Waals surface area contributed by atoms with E-state index in [1.54, 1.807) is 0 Å². The van der Waals surface area contributed by atoms with Crippen LogP contribution >= 0.6 is 0 Å². The van der Waals surface area contributed by atoms with Crippen LogP contribution in [0.1, 0.15) is 17.5 Å². The van der Waals surface area contributed by atoms with Gasteiger partial charge in [-0.1, -0.05) is 18.2 Å². The van der Waals surface area contributed by atoms with E-state index in [1.807, 2.05) is 5.32 Å². The fourth-order valence-corrected chi connectivity index (χ4v) is 5.61. The molecule has 1 atom stereocenters. The molecule has 0 aliphatic carbocycles. The Morgan fingerprint density at radius 1 is 0.931 bits per heavy atom. The second kappa shape index (κ2) is 6.07.